The van der Waals surface area contributed by atoms with E-state index in [1.165, 1.54) is 12.3 Å². The second-order valence-electron chi connectivity index (χ2n) is 4.23. The maximum Gasteiger partial charge on any atom is 0.311 e. The standard InChI is InChI=1S/C12H19N3O4/c1-10(2)14(6-8-19-9-7-16)12-11(15(17)18)4-3-5-13-12/h3-5,10,16H,6-9H2,1-2H3. The number of hydrogen-bond donors (Lipinski definition) is 1. The lowest BCUT2D eigenvalue weighted by molar-refractivity contribution is -0.384. The normalized spacial score (nSPS) is 10.7. The zero-order valence-electron chi connectivity index (χ0n) is 11.2. The van der Waals surface area contributed by atoms with Crippen LogP contribution in [-0.4, -0.2) is 47.4 Å². The molecule has 7 nitrogen and oxygen atoms in total. The van der Waals surface area contributed by atoms with Crippen molar-refractivity contribution in [2.75, 3.05) is 31.3 Å². The van der Waals surface area contributed by atoms with Gasteiger partial charge in [-0.3, -0.25) is 10.1 Å². The van der Waals surface area contributed by atoms with E-state index in [2.05, 4.69) is 4.98 Å². The van der Waals surface area contributed by atoms with E-state index in [0.29, 0.717) is 19.0 Å². The van der Waals surface area contributed by atoms with Crippen molar-refractivity contribution in [2.45, 2.75) is 19.9 Å². The molecule has 1 heterocycles. The molecule has 0 atom stereocenters. The quantitative estimate of drug-likeness (QED) is 0.433. The Kier molecular flexibility index (Phi) is 6.17. The second-order valence-corrected chi connectivity index (χ2v) is 4.23. The molecule has 0 fully saturated rings. The van der Waals surface area contributed by atoms with Crippen molar-refractivity contribution in [3.05, 3.63) is 28.4 Å². The Morgan fingerprint density at radius 1 is 1.53 bits per heavy atom. The molecule has 0 aliphatic rings. The van der Waals surface area contributed by atoms with Crippen LogP contribution in [0.1, 0.15) is 13.8 Å². The first-order chi connectivity index (χ1) is 9.07. The third-order valence-electron chi connectivity index (χ3n) is 2.57. The lowest BCUT2D eigenvalue weighted by atomic mass is 10.3. The molecule has 0 amide bonds. The number of nitrogens with zero attached hydrogens (tertiary/aromatic N) is 3. The zero-order chi connectivity index (χ0) is 14.3. The zero-order valence-corrected chi connectivity index (χ0v) is 11.2. The van der Waals surface area contributed by atoms with Gasteiger partial charge in [0.25, 0.3) is 0 Å². The molecule has 1 aromatic heterocycles. The van der Waals surface area contributed by atoms with Crippen LogP contribution < -0.4 is 4.90 Å². The fraction of sp³-hybridized carbons (Fsp3) is 0.583. The van der Waals surface area contributed by atoms with Gasteiger partial charge in [0, 0.05) is 24.8 Å². The average molecular weight is 269 g/mol. The van der Waals surface area contributed by atoms with Crippen molar-refractivity contribution in [1.82, 2.24) is 4.98 Å². The summed E-state index contributed by atoms with van der Waals surface area (Å²) < 4.78 is 5.20. The van der Waals surface area contributed by atoms with Crippen molar-refractivity contribution in [1.29, 1.82) is 0 Å². The molecular formula is C12H19N3O4. The van der Waals surface area contributed by atoms with Gasteiger partial charge in [-0.15, -0.1) is 0 Å². The molecule has 0 aliphatic carbocycles. The first kappa shape index (κ1) is 15.3. The molecule has 1 rings (SSSR count). The van der Waals surface area contributed by atoms with Crippen LogP contribution in [0.2, 0.25) is 0 Å². The molecule has 0 saturated carbocycles. The number of ether oxygens (including phenoxy) is 1. The van der Waals surface area contributed by atoms with E-state index in [0.717, 1.165) is 0 Å². The summed E-state index contributed by atoms with van der Waals surface area (Å²) in [6.45, 7) is 4.96. The first-order valence-electron chi connectivity index (χ1n) is 6.12. The molecule has 19 heavy (non-hydrogen) atoms. The Morgan fingerprint density at radius 2 is 2.26 bits per heavy atom. The third kappa shape index (κ3) is 4.46. The van der Waals surface area contributed by atoms with E-state index in [4.69, 9.17) is 9.84 Å². The van der Waals surface area contributed by atoms with Gasteiger partial charge in [-0.1, -0.05) is 0 Å². The van der Waals surface area contributed by atoms with Crippen molar-refractivity contribution in [3.63, 3.8) is 0 Å². The fourth-order valence-electron chi connectivity index (χ4n) is 1.69. The Bertz CT molecular complexity index is 412. The number of pyridine rings is 1. The summed E-state index contributed by atoms with van der Waals surface area (Å²) >= 11 is 0. The van der Waals surface area contributed by atoms with Crippen molar-refractivity contribution >= 4 is 11.5 Å². The minimum atomic E-state index is -0.438. The predicted octanol–water partition coefficient (Wildman–Crippen LogP) is 1.21. The number of aliphatic hydroxyl groups excluding tert-OH is 1. The molecule has 0 saturated heterocycles. The maximum atomic E-state index is 11.0. The van der Waals surface area contributed by atoms with E-state index in [1.54, 1.807) is 6.07 Å². The van der Waals surface area contributed by atoms with Gasteiger partial charge in [-0.25, -0.2) is 4.98 Å². The van der Waals surface area contributed by atoms with E-state index in [1.807, 2.05) is 18.7 Å². The van der Waals surface area contributed by atoms with Crippen LogP contribution in [0.25, 0.3) is 0 Å². The molecule has 0 bridgehead atoms. The van der Waals surface area contributed by atoms with E-state index < -0.39 is 4.92 Å². The van der Waals surface area contributed by atoms with Gasteiger partial charge in [0.15, 0.2) is 0 Å². The SMILES string of the molecule is CC(C)N(CCOCCO)c1ncccc1[N+](=O)[O-]. The lowest BCUT2D eigenvalue weighted by Crippen LogP contribution is -2.35. The van der Waals surface area contributed by atoms with Crippen LogP contribution in [0.3, 0.4) is 0 Å². The molecule has 0 aromatic carbocycles. The number of nitro groups is 1. The Hall–Kier alpha value is -1.73. The highest BCUT2D eigenvalue weighted by molar-refractivity contribution is 5.57. The number of rotatable bonds is 8. The fourth-order valence-corrected chi connectivity index (χ4v) is 1.69. The van der Waals surface area contributed by atoms with Crippen LogP contribution in [0.15, 0.2) is 18.3 Å². The van der Waals surface area contributed by atoms with Crippen molar-refractivity contribution in [3.8, 4) is 0 Å². The van der Waals surface area contributed by atoms with Gasteiger partial charge >= 0.3 is 5.69 Å². The minimum Gasteiger partial charge on any atom is -0.394 e. The molecule has 0 unspecified atom stereocenters. The number of aliphatic hydroxyl groups is 1. The molecular weight excluding hydrogens is 250 g/mol. The van der Waals surface area contributed by atoms with Gasteiger partial charge in [0.2, 0.25) is 5.82 Å². The van der Waals surface area contributed by atoms with Gasteiger partial charge in [0.1, 0.15) is 0 Å². The summed E-state index contributed by atoms with van der Waals surface area (Å²) in [4.78, 5) is 16.5. The highest BCUT2D eigenvalue weighted by Crippen LogP contribution is 2.26. The average Bonchev–Trinajstić information content (AvgIpc) is 2.38. The first-order valence-corrected chi connectivity index (χ1v) is 6.12. The second kappa shape index (κ2) is 7.65. The molecule has 1 N–H and O–H groups in total. The largest absolute Gasteiger partial charge is 0.394 e. The van der Waals surface area contributed by atoms with Crippen molar-refractivity contribution < 1.29 is 14.8 Å². The van der Waals surface area contributed by atoms with Gasteiger partial charge in [-0.05, 0) is 19.9 Å². The molecule has 7 heteroatoms. The smallest absolute Gasteiger partial charge is 0.311 e. The summed E-state index contributed by atoms with van der Waals surface area (Å²) in [7, 11) is 0. The molecule has 106 valence electrons. The van der Waals surface area contributed by atoms with E-state index in [9.17, 15) is 10.1 Å². The molecule has 0 aliphatic heterocycles. The van der Waals surface area contributed by atoms with Crippen LogP contribution in [0.5, 0.6) is 0 Å². The molecule has 1 aromatic rings. The summed E-state index contributed by atoms with van der Waals surface area (Å²) in [5.41, 5.74) is -0.0154. The highest BCUT2D eigenvalue weighted by Gasteiger charge is 2.22. The number of aromatic nitrogens is 1. The number of anilines is 1. The lowest BCUT2D eigenvalue weighted by Gasteiger charge is -2.27. The van der Waals surface area contributed by atoms with Gasteiger partial charge in [-0.2, -0.15) is 0 Å². The highest BCUT2D eigenvalue weighted by atomic mass is 16.6. The van der Waals surface area contributed by atoms with Gasteiger partial charge in [0.05, 0.1) is 24.7 Å². The number of hydrogen-bond acceptors (Lipinski definition) is 6. The molecule has 0 spiro atoms. The van der Waals surface area contributed by atoms with E-state index in [-0.39, 0.29) is 24.9 Å². The molecule has 0 radical (unpaired) electrons. The minimum absolute atomic E-state index is 0.0154. The van der Waals surface area contributed by atoms with Crippen LogP contribution in [-0.2, 0) is 4.74 Å². The maximum absolute atomic E-state index is 11.0. The van der Waals surface area contributed by atoms with Gasteiger partial charge < -0.3 is 14.7 Å². The summed E-state index contributed by atoms with van der Waals surface area (Å²) in [5.74, 6) is 0.343. The van der Waals surface area contributed by atoms with Crippen molar-refractivity contribution in [2.24, 2.45) is 0 Å². The predicted molar refractivity (Wildman–Crippen MR) is 71.3 cm³/mol. The van der Waals surface area contributed by atoms with Crippen LogP contribution >= 0.6 is 0 Å². The Morgan fingerprint density at radius 3 is 2.84 bits per heavy atom. The summed E-state index contributed by atoms with van der Waals surface area (Å²) in [6.07, 6.45) is 1.53. The van der Waals surface area contributed by atoms with E-state index >= 15 is 0 Å². The Balaban J connectivity index is 2.84. The third-order valence-corrected chi connectivity index (χ3v) is 2.57. The summed E-state index contributed by atoms with van der Waals surface area (Å²) in [6, 6.07) is 3.04. The Labute approximate surface area is 112 Å². The van der Waals surface area contributed by atoms with Crippen LogP contribution in [0, 0.1) is 10.1 Å². The van der Waals surface area contributed by atoms with Crippen LogP contribution in [0.4, 0.5) is 11.5 Å². The topological polar surface area (TPSA) is 88.7 Å². The monoisotopic (exact) mass is 269 g/mol. The summed E-state index contributed by atoms with van der Waals surface area (Å²) in [5, 5.41) is 19.6.